The summed E-state index contributed by atoms with van der Waals surface area (Å²) in [7, 11) is 0. The van der Waals surface area contributed by atoms with Crippen molar-refractivity contribution in [1.29, 1.82) is 0 Å². The maximum absolute atomic E-state index is 12.9. The van der Waals surface area contributed by atoms with Crippen molar-refractivity contribution in [3.05, 3.63) is 53.6 Å². The Balaban J connectivity index is 0. The molecular formula is C48H83N7O12. The van der Waals surface area contributed by atoms with Crippen LogP contribution in [-0.2, 0) is 54.3 Å². The largest absolute Gasteiger partial charge is 0.391 e. The Labute approximate surface area is 399 Å². The fraction of sp³-hybridized carbons (Fsp3) is 0.646. The maximum Gasteiger partial charge on any atom is 0.255 e. The number of rotatable bonds is 23. The monoisotopic (exact) mass is 950 g/mol. The van der Waals surface area contributed by atoms with Crippen molar-refractivity contribution in [2.24, 2.45) is 11.1 Å². The number of imide groups is 1. The van der Waals surface area contributed by atoms with Gasteiger partial charge >= 0.3 is 0 Å². The molecule has 382 valence electrons. The van der Waals surface area contributed by atoms with Gasteiger partial charge in [0.2, 0.25) is 36.4 Å². The Morgan fingerprint density at radius 2 is 1.52 bits per heavy atom. The molecule has 7 amide bonds. The molecule has 0 saturated carbocycles. The summed E-state index contributed by atoms with van der Waals surface area (Å²) in [6.45, 7) is 28.2. The molecule has 0 aliphatic carbocycles. The van der Waals surface area contributed by atoms with E-state index < -0.39 is 11.9 Å². The first kappa shape index (κ1) is 63.9. The average Bonchev–Trinajstić information content (AvgIpc) is 3.90. The Hall–Kier alpha value is -5.21. The molecule has 3 heterocycles. The molecule has 1 aromatic rings. The first-order chi connectivity index (χ1) is 32.2. The van der Waals surface area contributed by atoms with Crippen molar-refractivity contribution in [3.8, 4) is 0 Å². The van der Waals surface area contributed by atoms with Gasteiger partial charge in [0.15, 0.2) is 0 Å². The number of nitrogens with zero attached hydrogens (tertiary/aromatic N) is 2. The summed E-state index contributed by atoms with van der Waals surface area (Å²) in [6, 6.07) is 4.54. The molecule has 19 heteroatoms. The smallest absolute Gasteiger partial charge is 0.255 e. The second-order valence-corrected chi connectivity index (χ2v) is 15.5. The summed E-state index contributed by atoms with van der Waals surface area (Å²) < 4.78 is 21.4. The van der Waals surface area contributed by atoms with Crippen molar-refractivity contribution in [1.82, 2.24) is 25.8 Å². The second kappa shape index (κ2) is 39.9. The van der Waals surface area contributed by atoms with Crippen LogP contribution in [0.1, 0.15) is 110 Å². The normalized spacial score (nSPS) is 16.0. The average molecular weight is 950 g/mol. The summed E-state index contributed by atoms with van der Waals surface area (Å²) in [5, 5.41) is 20.0. The highest BCUT2D eigenvalue weighted by atomic mass is 16.6. The van der Waals surface area contributed by atoms with E-state index in [0.717, 1.165) is 24.9 Å². The number of ether oxygens (including phenoxy) is 4. The first-order valence-electron chi connectivity index (χ1n) is 23.3. The first-order valence-corrected chi connectivity index (χ1v) is 23.3. The van der Waals surface area contributed by atoms with Crippen LogP contribution in [0, 0.1) is 5.41 Å². The number of hydrogen-bond donors (Lipinski definition) is 6. The highest BCUT2D eigenvalue weighted by molar-refractivity contribution is 6.06. The highest BCUT2D eigenvalue weighted by Crippen LogP contribution is 2.32. The molecule has 7 N–H and O–H groups in total. The fourth-order valence-electron chi connectivity index (χ4n) is 6.23. The van der Waals surface area contributed by atoms with Gasteiger partial charge < -0.3 is 55.5 Å². The van der Waals surface area contributed by atoms with Gasteiger partial charge in [-0.15, -0.1) is 0 Å². The molecule has 2 atom stereocenters. The van der Waals surface area contributed by atoms with Gasteiger partial charge in [0.05, 0.1) is 58.9 Å². The van der Waals surface area contributed by atoms with E-state index in [2.05, 4.69) is 54.4 Å². The number of piperidine rings is 1. The Kier molecular flexibility index (Phi) is 38.0. The second-order valence-electron chi connectivity index (χ2n) is 15.5. The lowest BCUT2D eigenvalue weighted by atomic mass is 9.92. The van der Waals surface area contributed by atoms with Crippen LogP contribution in [0.15, 0.2) is 42.5 Å². The number of nitrogens with one attached hydrogen (secondary N) is 4. The summed E-state index contributed by atoms with van der Waals surface area (Å²) in [6.07, 6.45) is 7.04. The topological polar surface area (TPSA) is 257 Å². The molecule has 0 aromatic heterocycles. The van der Waals surface area contributed by atoms with Crippen LogP contribution < -0.4 is 27.0 Å². The quantitative estimate of drug-likeness (QED) is 0.0398. The maximum atomic E-state index is 12.9. The van der Waals surface area contributed by atoms with Crippen LogP contribution in [-0.4, -0.2) is 155 Å². The van der Waals surface area contributed by atoms with Gasteiger partial charge in [0.1, 0.15) is 6.04 Å². The van der Waals surface area contributed by atoms with Crippen molar-refractivity contribution in [3.63, 3.8) is 0 Å². The van der Waals surface area contributed by atoms with E-state index in [1.165, 1.54) is 10.5 Å². The van der Waals surface area contributed by atoms with E-state index >= 15 is 0 Å². The number of aliphatic hydroxyl groups excluding tert-OH is 1. The highest BCUT2D eigenvalue weighted by Gasteiger charge is 2.40. The van der Waals surface area contributed by atoms with Gasteiger partial charge in [0.25, 0.3) is 5.91 Å². The summed E-state index contributed by atoms with van der Waals surface area (Å²) in [5.74, 6) is -1.08. The van der Waals surface area contributed by atoms with E-state index in [4.69, 9.17) is 23.7 Å². The van der Waals surface area contributed by atoms with Crippen LogP contribution in [0.4, 0.5) is 5.69 Å². The Bertz CT molecular complexity index is 1620. The van der Waals surface area contributed by atoms with E-state index in [0.29, 0.717) is 103 Å². The predicted octanol–water partition coefficient (Wildman–Crippen LogP) is 3.49. The molecule has 2 unspecified atom stereocenters. The number of β-amino-alcohol motifs (C(OH)–C–C–N with tert-alkyl or cyclic N) is 1. The number of aliphatic hydroxyl groups is 1. The molecule has 67 heavy (non-hydrogen) atoms. The van der Waals surface area contributed by atoms with Crippen LogP contribution in [0.5, 0.6) is 0 Å². The van der Waals surface area contributed by atoms with Gasteiger partial charge in [-0.2, -0.15) is 0 Å². The number of amides is 7. The number of fused-ring (bicyclic) bond motifs is 1. The number of benzene rings is 1. The number of carbonyl (C=O) groups excluding carboxylic acids is 7. The number of anilines is 1. The zero-order chi connectivity index (χ0) is 51.0. The van der Waals surface area contributed by atoms with Crippen molar-refractivity contribution in [2.75, 3.05) is 90.9 Å². The third-order valence-corrected chi connectivity index (χ3v) is 9.33. The van der Waals surface area contributed by atoms with Gasteiger partial charge in [-0.25, -0.2) is 0 Å². The zero-order valence-electron chi connectivity index (χ0n) is 41.7. The predicted molar refractivity (Wildman–Crippen MR) is 260 cm³/mol. The lowest BCUT2D eigenvalue weighted by molar-refractivity contribution is -0.137. The standard InChI is InChI=1S/C25H36N4O8.C10H19NO2.C8H13NO.2C2H6.CH3NO/c1-2-34-10-11-36-14-15-37-13-12-35-9-8-26-23(31)16-27-20-5-3-4-18-19(20)17-29(25(18)33)21-6-7-22(30)28-24(21)32;1-10(2,3)6-9(13)11-5-4-8(12)7-11;1-3-5-8(4-2)6-9-7-10;2*1-2;2-1-3/h3-5,21,27H,2,6-17H2,1H3,(H,26,31)(H,28,30,32);8,12H,4-7H2,1-3H3;3,5,7H,1,4,6H2,2H3,(H,9,10);2*1-2H3;1H,(H2,2,3)/b;;8-5+;;;. The van der Waals surface area contributed by atoms with E-state index in [1.807, 2.05) is 47.6 Å². The van der Waals surface area contributed by atoms with Gasteiger partial charge in [-0.3, -0.25) is 38.9 Å². The minimum Gasteiger partial charge on any atom is -0.391 e. The number of carbonyl (C=O) groups is 7. The molecular weight excluding hydrogens is 867 g/mol. The molecule has 0 bridgehead atoms. The molecule has 0 spiro atoms. The third kappa shape index (κ3) is 29.2. The molecule has 1 aromatic carbocycles. The van der Waals surface area contributed by atoms with Crippen LogP contribution in [0.3, 0.4) is 0 Å². The van der Waals surface area contributed by atoms with Gasteiger partial charge in [0, 0.05) is 69.0 Å². The zero-order valence-corrected chi connectivity index (χ0v) is 41.7. The minimum atomic E-state index is -0.682. The number of nitrogens with two attached hydrogens (primary N) is 1. The fourth-order valence-corrected chi connectivity index (χ4v) is 6.23. The lowest BCUT2D eigenvalue weighted by Gasteiger charge is -2.29. The van der Waals surface area contributed by atoms with Crippen molar-refractivity contribution >= 4 is 48.0 Å². The third-order valence-electron chi connectivity index (χ3n) is 9.33. The van der Waals surface area contributed by atoms with Gasteiger partial charge in [-0.1, -0.05) is 85.8 Å². The van der Waals surface area contributed by atoms with Crippen molar-refractivity contribution in [2.45, 2.75) is 113 Å². The molecule has 3 aliphatic rings. The molecule has 4 rings (SSSR count). The van der Waals surface area contributed by atoms with Gasteiger partial charge in [-0.05, 0) is 43.7 Å². The summed E-state index contributed by atoms with van der Waals surface area (Å²) in [4.78, 5) is 82.1. The molecule has 3 aliphatic heterocycles. The number of allylic oxidation sites excluding steroid dienone is 2. The summed E-state index contributed by atoms with van der Waals surface area (Å²) in [5.41, 5.74) is 7.27. The molecule has 0 radical (unpaired) electrons. The molecule has 19 nitrogen and oxygen atoms in total. The SMILES string of the molecule is C=C/C=C(\CC)CNC=O.CC.CC.CC(C)(C)CC(=O)N1CCC(O)C1.CCOCCOCCOCCOCCNC(=O)CNc1cccc2c1CN(C1CCC(=O)NC1=O)C2=O.NC=O. The van der Waals surface area contributed by atoms with Crippen LogP contribution >= 0.6 is 0 Å². The van der Waals surface area contributed by atoms with Crippen LogP contribution in [0.2, 0.25) is 0 Å². The number of likely N-dealkylation sites (tertiary alicyclic amines) is 1. The Morgan fingerprint density at radius 3 is 2.03 bits per heavy atom. The molecule has 2 saturated heterocycles. The molecule has 2 fully saturated rings. The van der Waals surface area contributed by atoms with Crippen LogP contribution in [0.25, 0.3) is 0 Å². The van der Waals surface area contributed by atoms with E-state index in [9.17, 15) is 33.9 Å². The Morgan fingerprint density at radius 1 is 0.925 bits per heavy atom. The van der Waals surface area contributed by atoms with E-state index in [1.54, 1.807) is 29.2 Å². The van der Waals surface area contributed by atoms with E-state index in [-0.39, 0.29) is 61.1 Å². The lowest BCUT2D eigenvalue weighted by Crippen LogP contribution is -2.52. The minimum absolute atomic E-state index is 0.0233. The van der Waals surface area contributed by atoms with Crippen molar-refractivity contribution < 1.29 is 57.6 Å². The summed E-state index contributed by atoms with van der Waals surface area (Å²) >= 11 is 0. The number of hydrogen-bond acceptors (Lipinski definition) is 13. The number of primary amides is 1.